The van der Waals surface area contributed by atoms with Crippen LogP contribution in [-0.4, -0.2) is 54.1 Å². The molecule has 1 aromatic carbocycles. The molecule has 2 heterocycles. The average Bonchev–Trinajstić information content (AvgIpc) is 3.23. The van der Waals surface area contributed by atoms with Crippen LogP contribution in [0.3, 0.4) is 0 Å². The van der Waals surface area contributed by atoms with E-state index in [1.807, 2.05) is 25.2 Å². The van der Waals surface area contributed by atoms with Gasteiger partial charge in [-0.1, -0.05) is 0 Å². The molecule has 8 heteroatoms. The Bertz CT molecular complexity index is 739. The second-order valence-corrected chi connectivity index (χ2v) is 6.41. The fraction of sp³-hybridized carbons (Fsp3) is 0.444. The van der Waals surface area contributed by atoms with Crippen LogP contribution >= 0.6 is 0 Å². The van der Waals surface area contributed by atoms with Crippen LogP contribution in [0.2, 0.25) is 0 Å². The average molecular weight is 359 g/mol. The van der Waals surface area contributed by atoms with Crippen molar-refractivity contribution >= 4 is 11.8 Å². The minimum atomic E-state index is -0.224. The number of benzene rings is 1. The number of nitrogens with one attached hydrogen (secondary N) is 2. The molecule has 8 nitrogen and oxygen atoms in total. The molecular weight excluding hydrogens is 334 g/mol. The molecule has 0 saturated carbocycles. The lowest BCUT2D eigenvalue weighted by Crippen LogP contribution is -2.39. The second-order valence-electron chi connectivity index (χ2n) is 6.41. The van der Waals surface area contributed by atoms with Crippen LogP contribution in [0, 0.1) is 0 Å². The van der Waals surface area contributed by atoms with E-state index in [0.717, 1.165) is 43.1 Å². The van der Waals surface area contributed by atoms with Crippen LogP contribution in [0.4, 0.5) is 10.6 Å². The molecule has 1 saturated heterocycles. The van der Waals surface area contributed by atoms with Crippen molar-refractivity contribution in [2.24, 2.45) is 7.05 Å². The van der Waals surface area contributed by atoms with Crippen molar-refractivity contribution in [2.75, 3.05) is 32.6 Å². The maximum absolute atomic E-state index is 12.1. The van der Waals surface area contributed by atoms with Crippen LogP contribution in [0.5, 0.6) is 11.5 Å². The van der Waals surface area contributed by atoms with E-state index in [0.29, 0.717) is 5.82 Å². The molecule has 0 radical (unpaired) electrons. The molecule has 1 unspecified atom stereocenters. The Morgan fingerprint density at radius 2 is 2.00 bits per heavy atom. The molecule has 1 aliphatic rings. The summed E-state index contributed by atoms with van der Waals surface area (Å²) < 4.78 is 12.3. The van der Waals surface area contributed by atoms with Gasteiger partial charge in [-0.2, -0.15) is 5.10 Å². The van der Waals surface area contributed by atoms with E-state index >= 15 is 0 Å². The van der Waals surface area contributed by atoms with Crippen LogP contribution in [-0.2, 0) is 13.6 Å². The summed E-state index contributed by atoms with van der Waals surface area (Å²) in [5, 5.41) is 9.90. The van der Waals surface area contributed by atoms with Gasteiger partial charge in [-0.05, 0) is 24.1 Å². The Hall–Kier alpha value is -2.74. The Kier molecular flexibility index (Phi) is 5.62. The van der Waals surface area contributed by atoms with Crippen molar-refractivity contribution in [3.8, 4) is 11.5 Å². The van der Waals surface area contributed by atoms with Gasteiger partial charge >= 0.3 is 6.03 Å². The van der Waals surface area contributed by atoms with Gasteiger partial charge < -0.3 is 14.8 Å². The van der Waals surface area contributed by atoms with E-state index in [-0.39, 0.29) is 12.1 Å². The second kappa shape index (κ2) is 8.09. The lowest BCUT2D eigenvalue weighted by Gasteiger charge is -2.18. The monoisotopic (exact) mass is 359 g/mol. The number of hydrogen-bond acceptors (Lipinski definition) is 5. The number of likely N-dealkylation sites (tertiary alicyclic amines) is 1. The number of amides is 2. The van der Waals surface area contributed by atoms with Gasteiger partial charge in [0.2, 0.25) is 0 Å². The van der Waals surface area contributed by atoms with Gasteiger partial charge in [0.25, 0.3) is 0 Å². The maximum Gasteiger partial charge on any atom is 0.320 e. The van der Waals surface area contributed by atoms with E-state index < -0.39 is 0 Å². The zero-order valence-corrected chi connectivity index (χ0v) is 15.4. The first kappa shape index (κ1) is 18.1. The van der Waals surface area contributed by atoms with Crippen molar-refractivity contribution < 1.29 is 14.3 Å². The number of aryl methyl sites for hydroxylation is 1. The third-order valence-electron chi connectivity index (χ3n) is 4.38. The van der Waals surface area contributed by atoms with Crippen molar-refractivity contribution in [1.82, 2.24) is 20.0 Å². The molecule has 140 valence electrons. The zero-order chi connectivity index (χ0) is 18.5. The van der Waals surface area contributed by atoms with Crippen LogP contribution in [0.1, 0.15) is 12.0 Å². The van der Waals surface area contributed by atoms with E-state index in [4.69, 9.17) is 9.47 Å². The Labute approximate surface area is 153 Å². The summed E-state index contributed by atoms with van der Waals surface area (Å²) in [7, 11) is 5.11. The van der Waals surface area contributed by atoms with E-state index in [2.05, 4.69) is 20.6 Å². The number of carbonyl (C=O) groups excluding carboxylic acids is 1. The first-order valence-electron chi connectivity index (χ1n) is 8.57. The van der Waals surface area contributed by atoms with Crippen molar-refractivity contribution in [1.29, 1.82) is 0 Å². The quantitative estimate of drug-likeness (QED) is 0.823. The molecule has 2 aromatic rings. The van der Waals surface area contributed by atoms with Crippen LogP contribution in [0.25, 0.3) is 0 Å². The molecule has 1 atom stereocenters. The SMILES string of the molecule is COc1cc(CN2CCC(NC(=O)Nc3ccn(C)n3)C2)cc(OC)c1. The van der Waals surface area contributed by atoms with Gasteiger partial charge in [0.05, 0.1) is 14.2 Å². The molecule has 1 aliphatic heterocycles. The van der Waals surface area contributed by atoms with Crippen molar-refractivity contribution in [3.63, 3.8) is 0 Å². The number of aromatic nitrogens is 2. The number of hydrogen-bond donors (Lipinski definition) is 2. The molecule has 1 aromatic heterocycles. The predicted molar refractivity (Wildman–Crippen MR) is 98.6 cm³/mol. The van der Waals surface area contributed by atoms with E-state index in [1.165, 1.54) is 0 Å². The summed E-state index contributed by atoms with van der Waals surface area (Å²) in [5.74, 6) is 2.11. The summed E-state index contributed by atoms with van der Waals surface area (Å²) in [6.07, 6.45) is 2.70. The molecule has 3 rings (SSSR count). The predicted octanol–water partition coefficient (Wildman–Crippen LogP) is 1.83. The fourth-order valence-electron chi connectivity index (χ4n) is 3.13. The lowest BCUT2D eigenvalue weighted by atomic mass is 10.2. The van der Waals surface area contributed by atoms with Gasteiger partial charge in [-0.25, -0.2) is 4.79 Å². The summed E-state index contributed by atoms with van der Waals surface area (Å²) in [4.78, 5) is 14.4. The number of methoxy groups -OCH3 is 2. The van der Waals surface area contributed by atoms with Gasteiger partial charge in [0.15, 0.2) is 5.82 Å². The topological polar surface area (TPSA) is 80.7 Å². The van der Waals surface area contributed by atoms with Gasteiger partial charge in [0, 0.05) is 51.1 Å². The molecular formula is C18H25N5O3. The van der Waals surface area contributed by atoms with Crippen LogP contribution in [0.15, 0.2) is 30.5 Å². The highest BCUT2D eigenvalue weighted by Crippen LogP contribution is 2.24. The number of carbonyl (C=O) groups is 1. The Balaban J connectivity index is 1.51. The summed E-state index contributed by atoms with van der Waals surface area (Å²) in [6.45, 7) is 2.51. The first-order chi connectivity index (χ1) is 12.6. The largest absolute Gasteiger partial charge is 0.497 e. The third-order valence-corrected chi connectivity index (χ3v) is 4.38. The smallest absolute Gasteiger partial charge is 0.320 e. The molecule has 2 amide bonds. The fourth-order valence-corrected chi connectivity index (χ4v) is 3.13. The normalized spacial score (nSPS) is 17.1. The van der Waals surface area contributed by atoms with E-state index in [9.17, 15) is 4.79 Å². The highest BCUT2D eigenvalue weighted by molar-refractivity contribution is 5.88. The molecule has 1 fully saturated rings. The van der Waals surface area contributed by atoms with Gasteiger partial charge in [-0.3, -0.25) is 14.9 Å². The molecule has 0 aliphatic carbocycles. The number of nitrogens with zero attached hydrogens (tertiary/aromatic N) is 3. The number of anilines is 1. The number of ether oxygens (including phenoxy) is 2. The number of rotatable bonds is 6. The van der Waals surface area contributed by atoms with Crippen molar-refractivity contribution in [2.45, 2.75) is 19.0 Å². The molecule has 26 heavy (non-hydrogen) atoms. The number of urea groups is 1. The third kappa shape index (κ3) is 4.66. The minimum absolute atomic E-state index is 0.117. The van der Waals surface area contributed by atoms with E-state index in [1.54, 1.807) is 31.2 Å². The highest BCUT2D eigenvalue weighted by Gasteiger charge is 2.24. The molecule has 2 N–H and O–H groups in total. The maximum atomic E-state index is 12.1. The lowest BCUT2D eigenvalue weighted by molar-refractivity contribution is 0.247. The van der Waals surface area contributed by atoms with Crippen LogP contribution < -0.4 is 20.1 Å². The molecule has 0 bridgehead atoms. The first-order valence-corrected chi connectivity index (χ1v) is 8.57. The zero-order valence-electron chi connectivity index (χ0n) is 15.4. The summed E-state index contributed by atoms with van der Waals surface area (Å²) in [6, 6.07) is 7.54. The summed E-state index contributed by atoms with van der Waals surface area (Å²) >= 11 is 0. The standard InChI is InChI=1S/C18H25N5O3/c1-22-6-5-17(21-22)20-18(24)19-14-4-7-23(12-14)11-13-8-15(25-2)10-16(9-13)26-3/h5-6,8-10,14H,4,7,11-12H2,1-3H3,(H2,19,20,21,24). The summed E-state index contributed by atoms with van der Waals surface area (Å²) in [5.41, 5.74) is 1.12. The Morgan fingerprint density at radius 1 is 1.27 bits per heavy atom. The van der Waals surface area contributed by atoms with Gasteiger partial charge in [0.1, 0.15) is 11.5 Å². The molecule has 0 spiro atoms. The highest BCUT2D eigenvalue weighted by atomic mass is 16.5. The Morgan fingerprint density at radius 3 is 2.62 bits per heavy atom. The minimum Gasteiger partial charge on any atom is -0.497 e. The van der Waals surface area contributed by atoms with Crippen molar-refractivity contribution in [3.05, 3.63) is 36.0 Å². The van der Waals surface area contributed by atoms with Gasteiger partial charge in [-0.15, -0.1) is 0 Å².